The fourth-order valence-electron chi connectivity index (χ4n) is 1.87. The van der Waals surface area contributed by atoms with Gasteiger partial charge in [0.05, 0.1) is 0 Å². The molecule has 0 fully saturated rings. The Balaban J connectivity index is 3.00. The zero-order valence-electron chi connectivity index (χ0n) is 12.7. The van der Waals surface area contributed by atoms with Crippen molar-refractivity contribution in [1.82, 2.24) is 10.2 Å². The summed E-state index contributed by atoms with van der Waals surface area (Å²) in [6.07, 6.45) is 0. The van der Waals surface area contributed by atoms with Crippen molar-refractivity contribution >= 4 is 11.8 Å². The maximum atomic E-state index is 12.4. The Kier molecular flexibility index (Phi) is 4.89. The summed E-state index contributed by atoms with van der Waals surface area (Å²) in [6, 6.07) is 7.28. The SMILES string of the molecule is Cc1ccc([C@H](C(=O)NC(C)(C)C(N)=O)N(C)C)cc1. The molecule has 110 valence electrons. The Morgan fingerprint density at radius 3 is 2.10 bits per heavy atom. The summed E-state index contributed by atoms with van der Waals surface area (Å²) in [6.45, 7) is 5.18. The first-order valence-corrected chi connectivity index (χ1v) is 6.50. The predicted octanol–water partition coefficient (Wildman–Crippen LogP) is 0.978. The Morgan fingerprint density at radius 1 is 1.20 bits per heavy atom. The summed E-state index contributed by atoms with van der Waals surface area (Å²) >= 11 is 0. The van der Waals surface area contributed by atoms with Gasteiger partial charge in [-0.3, -0.25) is 14.5 Å². The number of rotatable bonds is 5. The number of amides is 2. The van der Waals surface area contributed by atoms with Crippen LogP contribution in [-0.4, -0.2) is 36.3 Å². The number of benzene rings is 1. The fourth-order valence-corrected chi connectivity index (χ4v) is 1.87. The van der Waals surface area contributed by atoms with Crippen molar-refractivity contribution in [2.75, 3.05) is 14.1 Å². The summed E-state index contributed by atoms with van der Waals surface area (Å²) in [7, 11) is 3.64. The van der Waals surface area contributed by atoms with Gasteiger partial charge in [-0.2, -0.15) is 0 Å². The lowest BCUT2D eigenvalue weighted by Crippen LogP contribution is -2.55. The van der Waals surface area contributed by atoms with Gasteiger partial charge in [0.15, 0.2) is 0 Å². The van der Waals surface area contributed by atoms with Crippen LogP contribution in [0.1, 0.15) is 31.0 Å². The Labute approximate surface area is 120 Å². The molecule has 0 aliphatic rings. The highest BCUT2D eigenvalue weighted by molar-refractivity contribution is 5.92. The standard InChI is InChI=1S/C15H23N3O2/c1-10-6-8-11(9-7-10)12(18(4)5)13(19)17-15(2,3)14(16)20/h6-9,12H,1-5H3,(H2,16,20)(H,17,19)/t12-/m1/s1. The van der Waals surface area contributed by atoms with Crippen molar-refractivity contribution in [1.29, 1.82) is 0 Å². The van der Waals surface area contributed by atoms with Crippen LogP contribution < -0.4 is 11.1 Å². The quantitative estimate of drug-likeness (QED) is 0.842. The molecule has 0 saturated carbocycles. The molecule has 20 heavy (non-hydrogen) atoms. The highest BCUT2D eigenvalue weighted by atomic mass is 16.2. The van der Waals surface area contributed by atoms with Crippen LogP contribution in [0.4, 0.5) is 0 Å². The van der Waals surface area contributed by atoms with Gasteiger partial charge in [0.1, 0.15) is 11.6 Å². The van der Waals surface area contributed by atoms with Crippen molar-refractivity contribution in [3.05, 3.63) is 35.4 Å². The molecule has 0 bridgehead atoms. The van der Waals surface area contributed by atoms with E-state index in [0.29, 0.717) is 0 Å². The second kappa shape index (κ2) is 6.05. The molecule has 1 atom stereocenters. The van der Waals surface area contributed by atoms with Crippen LogP contribution in [0.15, 0.2) is 24.3 Å². The smallest absolute Gasteiger partial charge is 0.242 e. The van der Waals surface area contributed by atoms with Crippen molar-refractivity contribution in [2.24, 2.45) is 5.73 Å². The van der Waals surface area contributed by atoms with Crippen molar-refractivity contribution in [2.45, 2.75) is 32.4 Å². The Morgan fingerprint density at radius 2 is 1.70 bits per heavy atom. The number of nitrogens with zero attached hydrogens (tertiary/aromatic N) is 1. The molecule has 0 radical (unpaired) electrons. The van der Waals surface area contributed by atoms with Crippen LogP contribution >= 0.6 is 0 Å². The summed E-state index contributed by atoms with van der Waals surface area (Å²) in [4.78, 5) is 25.6. The molecule has 1 aromatic rings. The monoisotopic (exact) mass is 277 g/mol. The van der Waals surface area contributed by atoms with Gasteiger partial charge in [0, 0.05) is 0 Å². The molecule has 0 unspecified atom stereocenters. The molecule has 5 heteroatoms. The summed E-state index contributed by atoms with van der Waals surface area (Å²) < 4.78 is 0. The third-order valence-corrected chi connectivity index (χ3v) is 3.21. The van der Waals surface area contributed by atoms with E-state index in [2.05, 4.69) is 5.32 Å². The molecular weight excluding hydrogens is 254 g/mol. The Hall–Kier alpha value is -1.88. The maximum absolute atomic E-state index is 12.4. The summed E-state index contributed by atoms with van der Waals surface area (Å²) in [5.74, 6) is -0.810. The summed E-state index contributed by atoms with van der Waals surface area (Å²) in [5.41, 5.74) is 6.22. The second-order valence-electron chi connectivity index (χ2n) is 5.76. The zero-order valence-corrected chi connectivity index (χ0v) is 12.7. The fraction of sp³-hybridized carbons (Fsp3) is 0.467. The molecule has 2 amide bonds. The van der Waals surface area contributed by atoms with E-state index < -0.39 is 17.5 Å². The number of nitrogens with one attached hydrogen (secondary N) is 1. The molecule has 0 saturated heterocycles. The van der Waals surface area contributed by atoms with Gasteiger partial charge in [-0.05, 0) is 40.4 Å². The number of likely N-dealkylation sites (N-methyl/N-ethyl adjacent to an activating group) is 1. The van der Waals surface area contributed by atoms with Gasteiger partial charge < -0.3 is 11.1 Å². The minimum atomic E-state index is -1.07. The van der Waals surface area contributed by atoms with E-state index in [1.807, 2.05) is 45.3 Å². The maximum Gasteiger partial charge on any atom is 0.242 e. The van der Waals surface area contributed by atoms with Crippen LogP contribution in [0.5, 0.6) is 0 Å². The summed E-state index contributed by atoms with van der Waals surface area (Å²) in [5, 5.41) is 2.70. The Bertz CT molecular complexity index is 492. The number of carbonyl (C=O) groups excluding carboxylic acids is 2. The van der Waals surface area contributed by atoms with Gasteiger partial charge in [-0.25, -0.2) is 0 Å². The molecule has 5 nitrogen and oxygen atoms in total. The lowest BCUT2D eigenvalue weighted by molar-refractivity contribution is -0.133. The van der Waals surface area contributed by atoms with E-state index in [0.717, 1.165) is 11.1 Å². The van der Waals surface area contributed by atoms with Gasteiger partial charge in [0.25, 0.3) is 0 Å². The van der Waals surface area contributed by atoms with Crippen LogP contribution in [-0.2, 0) is 9.59 Å². The number of hydrogen-bond donors (Lipinski definition) is 2. The van der Waals surface area contributed by atoms with E-state index in [4.69, 9.17) is 5.73 Å². The normalized spacial score (nSPS) is 13.1. The topological polar surface area (TPSA) is 75.4 Å². The molecule has 1 rings (SSSR count). The lowest BCUT2D eigenvalue weighted by atomic mass is 10.00. The van der Waals surface area contributed by atoms with Crippen molar-refractivity contribution in [3.8, 4) is 0 Å². The minimum Gasteiger partial charge on any atom is -0.368 e. The largest absolute Gasteiger partial charge is 0.368 e. The zero-order chi connectivity index (χ0) is 15.5. The van der Waals surface area contributed by atoms with Crippen LogP contribution in [0, 0.1) is 6.92 Å². The molecular formula is C15H23N3O2. The average molecular weight is 277 g/mol. The second-order valence-corrected chi connectivity index (χ2v) is 5.76. The molecule has 0 heterocycles. The third-order valence-electron chi connectivity index (χ3n) is 3.21. The molecule has 1 aromatic carbocycles. The first-order valence-electron chi connectivity index (χ1n) is 6.50. The van der Waals surface area contributed by atoms with E-state index in [-0.39, 0.29) is 5.91 Å². The van der Waals surface area contributed by atoms with Gasteiger partial charge in [-0.15, -0.1) is 0 Å². The van der Waals surface area contributed by atoms with E-state index in [1.165, 1.54) is 0 Å². The molecule has 0 aliphatic heterocycles. The first kappa shape index (κ1) is 16.2. The number of aryl methyl sites for hydroxylation is 1. The van der Waals surface area contributed by atoms with Crippen molar-refractivity contribution in [3.63, 3.8) is 0 Å². The number of nitrogens with two attached hydrogens (primary N) is 1. The first-order chi connectivity index (χ1) is 9.15. The highest BCUT2D eigenvalue weighted by Crippen LogP contribution is 2.20. The van der Waals surface area contributed by atoms with Gasteiger partial charge in [-0.1, -0.05) is 29.8 Å². The minimum absolute atomic E-state index is 0.248. The number of carbonyl (C=O) groups is 2. The number of hydrogen-bond acceptors (Lipinski definition) is 3. The molecule has 0 aromatic heterocycles. The van der Waals surface area contributed by atoms with Crippen molar-refractivity contribution < 1.29 is 9.59 Å². The van der Waals surface area contributed by atoms with Crippen LogP contribution in [0.2, 0.25) is 0 Å². The predicted molar refractivity (Wildman–Crippen MR) is 79.0 cm³/mol. The third kappa shape index (κ3) is 3.81. The number of primary amides is 1. The molecule has 0 aliphatic carbocycles. The average Bonchev–Trinajstić information content (AvgIpc) is 2.30. The van der Waals surface area contributed by atoms with Crippen LogP contribution in [0.25, 0.3) is 0 Å². The highest BCUT2D eigenvalue weighted by Gasteiger charge is 2.31. The van der Waals surface area contributed by atoms with Gasteiger partial charge in [0.2, 0.25) is 11.8 Å². The van der Waals surface area contributed by atoms with E-state index >= 15 is 0 Å². The lowest BCUT2D eigenvalue weighted by Gasteiger charge is -2.29. The molecule has 0 spiro atoms. The molecule has 3 N–H and O–H groups in total. The van der Waals surface area contributed by atoms with E-state index in [1.54, 1.807) is 18.7 Å². The van der Waals surface area contributed by atoms with E-state index in [9.17, 15) is 9.59 Å². The van der Waals surface area contributed by atoms with Gasteiger partial charge >= 0.3 is 0 Å². The van der Waals surface area contributed by atoms with Crippen LogP contribution in [0.3, 0.4) is 0 Å².